The molecule has 1 amide bonds. The number of carboxylic acids is 1. The number of rotatable bonds is 15. The van der Waals surface area contributed by atoms with E-state index in [1.54, 1.807) is 35.0 Å². The number of hydrogen-bond acceptors (Lipinski definition) is 12. The molecule has 5 rings (SSSR count). The summed E-state index contributed by atoms with van der Waals surface area (Å²) >= 11 is 2.55. The number of piperazine rings is 1. The summed E-state index contributed by atoms with van der Waals surface area (Å²) in [5.74, 6) is -1.09. The topological polar surface area (TPSA) is 221 Å². The molecule has 1 aliphatic rings. The lowest BCUT2D eigenvalue weighted by molar-refractivity contribution is -0.139. The number of carbonyl (C=O) groups is 2. The number of aliphatic carboxylic acids is 1. The van der Waals surface area contributed by atoms with Gasteiger partial charge >= 0.3 is 5.97 Å². The molecule has 48 heavy (non-hydrogen) atoms. The smallest absolute Gasteiger partial charge is 0.326 e. The zero-order valence-electron chi connectivity index (χ0n) is 25.8. The normalized spacial score (nSPS) is 13.8. The fraction of sp³-hybridized carbons (Fsp3) is 0.300. The molecule has 0 spiro atoms. The second-order valence-corrected chi connectivity index (χ2v) is 14.2. The lowest BCUT2D eigenvalue weighted by Crippen LogP contribution is -2.46. The van der Waals surface area contributed by atoms with E-state index in [-0.39, 0.29) is 34.4 Å². The average Bonchev–Trinajstić information content (AvgIpc) is 3.75. The molecule has 254 valence electrons. The molecule has 0 unspecified atom stereocenters. The second kappa shape index (κ2) is 15.8. The first-order valence-corrected chi connectivity index (χ1v) is 18.2. The molecule has 1 aliphatic heterocycles. The van der Waals surface area contributed by atoms with Crippen LogP contribution in [0.3, 0.4) is 0 Å². The van der Waals surface area contributed by atoms with Crippen molar-refractivity contribution in [3.63, 3.8) is 0 Å². The number of sulfonamides is 1. The quantitative estimate of drug-likeness (QED) is 0.0595. The van der Waals surface area contributed by atoms with Crippen LogP contribution in [-0.2, 0) is 21.4 Å². The maximum atomic E-state index is 13.3. The number of thiophene rings is 1. The number of benzene rings is 1. The molecule has 4 aromatic rings. The van der Waals surface area contributed by atoms with Gasteiger partial charge in [-0.05, 0) is 54.6 Å². The van der Waals surface area contributed by atoms with E-state index in [1.807, 2.05) is 23.6 Å². The van der Waals surface area contributed by atoms with Crippen LogP contribution in [0.2, 0.25) is 0 Å². The van der Waals surface area contributed by atoms with Crippen molar-refractivity contribution in [2.75, 3.05) is 52.6 Å². The molecule has 3 aromatic heterocycles. The lowest BCUT2D eigenvalue weighted by Gasteiger charge is -2.35. The van der Waals surface area contributed by atoms with Crippen LogP contribution in [0.5, 0.6) is 0 Å². The summed E-state index contributed by atoms with van der Waals surface area (Å²) in [5.41, 5.74) is 12.0. The van der Waals surface area contributed by atoms with E-state index in [0.29, 0.717) is 18.7 Å². The van der Waals surface area contributed by atoms with Gasteiger partial charge in [-0.1, -0.05) is 12.1 Å². The van der Waals surface area contributed by atoms with E-state index >= 15 is 0 Å². The first-order valence-electron chi connectivity index (χ1n) is 15.0. The van der Waals surface area contributed by atoms with Crippen LogP contribution in [0.15, 0.2) is 75.4 Å². The minimum absolute atomic E-state index is 0.0158. The Labute approximate surface area is 285 Å². The average molecular weight is 713 g/mol. The molecule has 1 saturated heterocycles. The Kier molecular flexibility index (Phi) is 11.3. The van der Waals surface area contributed by atoms with Crippen molar-refractivity contribution in [2.24, 2.45) is 16.5 Å². The van der Waals surface area contributed by atoms with Gasteiger partial charge in [0.15, 0.2) is 11.1 Å². The van der Waals surface area contributed by atoms with Crippen LogP contribution in [0.4, 0.5) is 22.3 Å². The first kappa shape index (κ1) is 34.4. The van der Waals surface area contributed by atoms with Crippen molar-refractivity contribution in [1.82, 2.24) is 15.3 Å². The molecule has 1 fully saturated rings. The number of carbonyl (C=O) groups excluding carboxylic acids is 1. The van der Waals surface area contributed by atoms with Crippen molar-refractivity contribution < 1.29 is 23.1 Å². The van der Waals surface area contributed by atoms with Gasteiger partial charge in [0, 0.05) is 50.0 Å². The van der Waals surface area contributed by atoms with Crippen LogP contribution >= 0.6 is 22.7 Å². The summed E-state index contributed by atoms with van der Waals surface area (Å²) < 4.78 is 29.1. The summed E-state index contributed by atoms with van der Waals surface area (Å²) in [6, 6.07) is 12.5. The lowest BCUT2D eigenvalue weighted by atomic mass is 10.1. The summed E-state index contributed by atoms with van der Waals surface area (Å²) in [5, 5.41) is 19.7. The molecule has 0 saturated carbocycles. The molecule has 1 aromatic carbocycles. The highest BCUT2D eigenvalue weighted by Gasteiger charge is 2.25. The third-order valence-corrected chi connectivity index (χ3v) is 10.6. The fourth-order valence-corrected chi connectivity index (χ4v) is 7.72. The number of nitrogens with two attached hydrogens (primary N) is 2. The Balaban J connectivity index is 1.16. The number of thiazole rings is 1. The van der Waals surface area contributed by atoms with E-state index in [1.165, 1.54) is 18.2 Å². The van der Waals surface area contributed by atoms with Crippen molar-refractivity contribution in [1.29, 1.82) is 0 Å². The van der Waals surface area contributed by atoms with Gasteiger partial charge in [0.25, 0.3) is 15.9 Å². The van der Waals surface area contributed by atoms with E-state index in [0.717, 1.165) is 54.2 Å². The minimum Gasteiger partial charge on any atom is -0.480 e. The minimum atomic E-state index is -4.10. The van der Waals surface area contributed by atoms with Gasteiger partial charge in [0.1, 0.15) is 16.7 Å². The van der Waals surface area contributed by atoms with E-state index in [4.69, 9.17) is 16.5 Å². The standard InChI is InChI=1S/C30H36N10O5S3/c31-29(32)34-11-4-7-24(28(42)43)37-27(41)26-23(9-16-46-26)38-48(44,45)22-6-3-5-20(17-22)35-18-21-19-47-30(36-21)40-14-12-39(13-15-40)25-8-1-2-10-33-25/h1-3,5-6,8-10,16-17,19,24,35,38H,4,7,11-15,18H2,(H,37,41)(H,42,43)(H4,31,32,34)/t24-/m0/s1. The second-order valence-electron chi connectivity index (χ2n) is 10.7. The molecule has 0 radical (unpaired) electrons. The number of carboxylic acid groups (broad SMARTS) is 1. The maximum absolute atomic E-state index is 13.3. The van der Waals surface area contributed by atoms with Gasteiger partial charge < -0.3 is 37.0 Å². The zero-order valence-corrected chi connectivity index (χ0v) is 28.2. The fourth-order valence-electron chi connectivity index (χ4n) is 4.91. The Morgan fingerprint density at radius 1 is 1.04 bits per heavy atom. The van der Waals surface area contributed by atoms with E-state index in [9.17, 15) is 23.1 Å². The predicted molar refractivity (Wildman–Crippen MR) is 188 cm³/mol. The van der Waals surface area contributed by atoms with E-state index < -0.39 is 27.9 Å². The molecular formula is C30H36N10O5S3. The molecule has 0 aliphatic carbocycles. The number of anilines is 4. The summed E-state index contributed by atoms with van der Waals surface area (Å²) in [4.78, 5) is 42.2. The van der Waals surface area contributed by atoms with E-state index in [2.05, 4.69) is 35.1 Å². The number of guanidine groups is 1. The molecule has 15 nitrogen and oxygen atoms in total. The molecule has 8 N–H and O–H groups in total. The Morgan fingerprint density at radius 2 is 1.83 bits per heavy atom. The van der Waals surface area contributed by atoms with Crippen molar-refractivity contribution >= 4 is 72.9 Å². The highest BCUT2D eigenvalue weighted by Crippen LogP contribution is 2.27. The Hall–Kier alpha value is -4.94. The number of aromatic nitrogens is 2. The molecule has 0 bridgehead atoms. The van der Waals surface area contributed by atoms with Crippen LogP contribution in [0.1, 0.15) is 28.2 Å². The predicted octanol–water partition coefficient (Wildman–Crippen LogP) is 2.58. The van der Waals surface area contributed by atoms with Crippen molar-refractivity contribution in [3.8, 4) is 0 Å². The van der Waals surface area contributed by atoms with Crippen molar-refractivity contribution in [3.05, 3.63) is 76.1 Å². The van der Waals surface area contributed by atoms with Crippen LogP contribution < -0.4 is 36.6 Å². The van der Waals surface area contributed by atoms with Crippen LogP contribution in [-0.4, -0.2) is 80.1 Å². The first-order chi connectivity index (χ1) is 23.1. The number of nitrogens with one attached hydrogen (secondary N) is 3. The third-order valence-electron chi connectivity index (χ3n) is 7.35. The van der Waals surface area contributed by atoms with Gasteiger partial charge in [-0.25, -0.2) is 23.2 Å². The highest BCUT2D eigenvalue weighted by atomic mass is 32.2. The molecule has 4 heterocycles. The molecule has 1 atom stereocenters. The molecule has 18 heteroatoms. The number of aliphatic imine (C=N–C) groups is 1. The van der Waals surface area contributed by atoms with Gasteiger partial charge in [0.05, 0.1) is 22.8 Å². The molecular weight excluding hydrogens is 677 g/mol. The van der Waals surface area contributed by atoms with Gasteiger partial charge in [-0.15, -0.1) is 22.7 Å². The zero-order chi connectivity index (χ0) is 34.1. The maximum Gasteiger partial charge on any atom is 0.326 e. The van der Waals surface area contributed by atoms with Crippen LogP contribution in [0, 0.1) is 0 Å². The number of amides is 1. The number of hydrogen-bond donors (Lipinski definition) is 6. The monoisotopic (exact) mass is 712 g/mol. The number of nitrogens with zero attached hydrogens (tertiary/aromatic N) is 5. The van der Waals surface area contributed by atoms with Gasteiger partial charge in [-0.2, -0.15) is 0 Å². The van der Waals surface area contributed by atoms with Gasteiger partial charge in [0.2, 0.25) is 0 Å². The largest absolute Gasteiger partial charge is 0.480 e. The Morgan fingerprint density at radius 3 is 2.56 bits per heavy atom. The van der Waals surface area contributed by atoms with Crippen molar-refractivity contribution in [2.45, 2.75) is 30.3 Å². The highest BCUT2D eigenvalue weighted by molar-refractivity contribution is 7.92. The van der Waals surface area contributed by atoms with Gasteiger partial charge in [-0.3, -0.25) is 14.5 Å². The number of pyridine rings is 1. The summed E-state index contributed by atoms with van der Waals surface area (Å²) in [7, 11) is -4.10. The summed E-state index contributed by atoms with van der Waals surface area (Å²) in [6.45, 7) is 3.96. The third kappa shape index (κ3) is 9.11. The Bertz CT molecular complexity index is 1840. The van der Waals surface area contributed by atoms with Crippen LogP contribution in [0.25, 0.3) is 0 Å². The SMILES string of the molecule is NC(N)=NCCC[C@H](NC(=O)c1sccc1NS(=O)(=O)c1cccc(NCc2csc(N3CCN(c4ccccn4)CC3)n2)c1)C(=O)O. The summed E-state index contributed by atoms with van der Waals surface area (Å²) in [6.07, 6.45) is 2.20.